The van der Waals surface area contributed by atoms with Gasteiger partial charge in [0.15, 0.2) is 5.78 Å². The lowest BCUT2D eigenvalue weighted by Gasteiger charge is -2.58. The second-order valence-corrected chi connectivity index (χ2v) is 7.56. The summed E-state index contributed by atoms with van der Waals surface area (Å²) in [6, 6.07) is 0.467. The summed E-state index contributed by atoms with van der Waals surface area (Å²) in [5.74, 6) is 1.32. The van der Waals surface area contributed by atoms with E-state index in [4.69, 9.17) is 0 Å². The molecule has 4 rings (SSSR count). The third kappa shape index (κ3) is 1.33. The van der Waals surface area contributed by atoms with E-state index < -0.39 is 5.60 Å². The number of ketones is 1. The van der Waals surface area contributed by atoms with E-state index in [1.165, 1.54) is 13.0 Å². The van der Waals surface area contributed by atoms with E-state index in [-0.39, 0.29) is 11.2 Å². The quantitative estimate of drug-likeness (QED) is 0.726. The number of carbonyl (C=O) groups excluding carboxylic acids is 1. The molecule has 6 atom stereocenters. The van der Waals surface area contributed by atoms with Gasteiger partial charge in [0.25, 0.3) is 0 Å². The molecule has 2 saturated carbocycles. The molecule has 2 aliphatic carbocycles. The molecule has 3 heteroatoms. The Morgan fingerprint density at radius 2 is 1.95 bits per heavy atom. The Morgan fingerprint density at radius 1 is 1.21 bits per heavy atom. The van der Waals surface area contributed by atoms with Crippen molar-refractivity contribution in [3.63, 3.8) is 0 Å². The highest BCUT2D eigenvalue weighted by molar-refractivity contribution is 5.91. The summed E-state index contributed by atoms with van der Waals surface area (Å²) in [5, 5.41) is 11.3. The second kappa shape index (κ2) is 3.82. The lowest BCUT2D eigenvalue weighted by molar-refractivity contribution is -0.169. The molecule has 0 amide bonds. The fourth-order valence-corrected chi connectivity index (χ4v) is 6.15. The molecule has 0 aromatic rings. The zero-order valence-electron chi connectivity index (χ0n) is 11.9. The first-order chi connectivity index (χ1) is 9.08. The van der Waals surface area contributed by atoms with E-state index in [1.54, 1.807) is 0 Å². The molecule has 2 heterocycles. The van der Waals surface area contributed by atoms with Crippen molar-refractivity contribution in [2.24, 2.45) is 17.3 Å². The van der Waals surface area contributed by atoms with Crippen molar-refractivity contribution in [2.75, 3.05) is 13.1 Å². The lowest BCUT2D eigenvalue weighted by Crippen LogP contribution is -2.64. The summed E-state index contributed by atoms with van der Waals surface area (Å²) >= 11 is 0. The maximum absolute atomic E-state index is 12.6. The maximum atomic E-state index is 12.6. The van der Waals surface area contributed by atoms with Crippen LogP contribution >= 0.6 is 0 Å². The molecule has 106 valence electrons. The van der Waals surface area contributed by atoms with Gasteiger partial charge in [0.05, 0.1) is 0 Å². The maximum Gasteiger partial charge on any atom is 0.165 e. The van der Waals surface area contributed by atoms with Crippen LogP contribution in [0.4, 0.5) is 0 Å². The Balaban J connectivity index is 1.88. The van der Waals surface area contributed by atoms with Crippen molar-refractivity contribution in [1.29, 1.82) is 0 Å². The van der Waals surface area contributed by atoms with Crippen LogP contribution in [-0.4, -0.2) is 40.5 Å². The summed E-state index contributed by atoms with van der Waals surface area (Å²) < 4.78 is 0. The Hall–Kier alpha value is -0.410. The predicted octanol–water partition coefficient (Wildman–Crippen LogP) is 1.98. The van der Waals surface area contributed by atoms with E-state index in [9.17, 15) is 9.90 Å². The standard InChI is InChI=1S/C16H25NO2/c1-11-8-12-10-14(18)16(19)5-3-7-17-6-2-4-15(12,16)13(17)9-11/h11-13,19H,2-10H2,1H3/t11-,12+,13+,15-,16+/m1/s1. The highest BCUT2D eigenvalue weighted by atomic mass is 16.3. The minimum absolute atomic E-state index is 0.0919. The Labute approximate surface area is 115 Å². The molecule has 1 spiro atoms. The number of rotatable bonds is 0. The first kappa shape index (κ1) is 12.3. The van der Waals surface area contributed by atoms with Gasteiger partial charge in [-0.2, -0.15) is 0 Å². The fourth-order valence-electron chi connectivity index (χ4n) is 6.15. The van der Waals surface area contributed by atoms with Crippen LogP contribution in [0.25, 0.3) is 0 Å². The minimum atomic E-state index is -0.988. The molecule has 2 saturated heterocycles. The van der Waals surface area contributed by atoms with Gasteiger partial charge in [-0.25, -0.2) is 0 Å². The molecule has 1 unspecified atom stereocenters. The fraction of sp³-hybridized carbons (Fsp3) is 0.938. The van der Waals surface area contributed by atoms with Crippen LogP contribution in [0.2, 0.25) is 0 Å². The molecule has 4 aliphatic rings. The molecule has 4 fully saturated rings. The number of hydrogen-bond donors (Lipinski definition) is 1. The van der Waals surface area contributed by atoms with Gasteiger partial charge in [0.1, 0.15) is 5.60 Å². The molecule has 2 aliphatic heterocycles. The van der Waals surface area contributed by atoms with Gasteiger partial charge in [0, 0.05) is 17.9 Å². The van der Waals surface area contributed by atoms with Crippen LogP contribution in [0.15, 0.2) is 0 Å². The normalized spacial score (nSPS) is 56.6. The summed E-state index contributed by atoms with van der Waals surface area (Å²) in [7, 11) is 0. The van der Waals surface area contributed by atoms with E-state index in [1.807, 2.05) is 0 Å². The molecule has 3 nitrogen and oxygen atoms in total. The Bertz CT molecular complexity index is 423. The highest BCUT2D eigenvalue weighted by Gasteiger charge is 2.70. The Kier molecular flexibility index (Phi) is 2.48. The van der Waals surface area contributed by atoms with Crippen molar-refractivity contribution in [2.45, 2.75) is 63.5 Å². The van der Waals surface area contributed by atoms with Crippen LogP contribution in [0.3, 0.4) is 0 Å². The average molecular weight is 263 g/mol. The number of carbonyl (C=O) groups is 1. The van der Waals surface area contributed by atoms with E-state index in [2.05, 4.69) is 11.8 Å². The molecule has 0 aromatic heterocycles. The second-order valence-electron chi connectivity index (χ2n) is 7.56. The van der Waals surface area contributed by atoms with Gasteiger partial charge in [-0.05, 0) is 63.5 Å². The first-order valence-electron chi connectivity index (χ1n) is 8.07. The van der Waals surface area contributed by atoms with E-state index >= 15 is 0 Å². The van der Waals surface area contributed by atoms with E-state index in [0.29, 0.717) is 30.7 Å². The van der Waals surface area contributed by atoms with Gasteiger partial charge in [-0.15, -0.1) is 0 Å². The third-order valence-corrected chi connectivity index (χ3v) is 6.76. The van der Waals surface area contributed by atoms with Gasteiger partial charge < -0.3 is 5.11 Å². The molecule has 19 heavy (non-hydrogen) atoms. The van der Waals surface area contributed by atoms with Gasteiger partial charge >= 0.3 is 0 Å². The largest absolute Gasteiger partial charge is 0.381 e. The van der Waals surface area contributed by atoms with E-state index in [0.717, 1.165) is 32.2 Å². The van der Waals surface area contributed by atoms with Crippen molar-refractivity contribution < 1.29 is 9.90 Å². The van der Waals surface area contributed by atoms with Crippen LogP contribution in [0.5, 0.6) is 0 Å². The number of aliphatic hydroxyl groups is 1. The average Bonchev–Trinajstić information content (AvgIpc) is 2.53. The zero-order chi connectivity index (χ0) is 13.3. The van der Waals surface area contributed by atoms with Gasteiger partial charge in [0.2, 0.25) is 0 Å². The smallest absolute Gasteiger partial charge is 0.165 e. The topological polar surface area (TPSA) is 40.5 Å². The number of hydrogen-bond acceptors (Lipinski definition) is 3. The number of nitrogens with zero attached hydrogens (tertiary/aromatic N) is 1. The molecular weight excluding hydrogens is 238 g/mol. The zero-order valence-corrected chi connectivity index (χ0v) is 11.9. The van der Waals surface area contributed by atoms with Crippen LogP contribution in [0, 0.1) is 17.3 Å². The van der Waals surface area contributed by atoms with Crippen molar-refractivity contribution in [3.8, 4) is 0 Å². The summed E-state index contributed by atoms with van der Waals surface area (Å²) in [6.45, 7) is 4.59. The van der Waals surface area contributed by atoms with Crippen molar-refractivity contribution in [1.82, 2.24) is 4.90 Å². The first-order valence-corrected chi connectivity index (χ1v) is 8.07. The van der Waals surface area contributed by atoms with Gasteiger partial charge in [-0.1, -0.05) is 6.92 Å². The third-order valence-electron chi connectivity index (χ3n) is 6.76. The van der Waals surface area contributed by atoms with Crippen LogP contribution in [-0.2, 0) is 4.79 Å². The predicted molar refractivity (Wildman–Crippen MR) is 72.7 cm³/mol. The molecular formula is C16H25NO2. The highest BCUT2D eigenvalue weighted by Crippen LogP contribution is 2.64. The van der Waals surface area contributed by atoms with Crippen molar-refractivity contribution in [3.05, 3.63) is 0 Å². The molecule has 0 aromatic carbocycles. The Morgan fingerprint density at radius 3 is 2.74 bits per heavy atom. The lowest BCUT2D eigenvalue weighted by atomic mass is 9.54. The molecule has 2 bridgehead atoms. The van der Waals surface area contributed by atoms with Gasteiger partial charge in [-0.3, -0.25) is 9.69 Å². The van der Waals surface area contributed by atoms with Crippen LogP contribution in [0.1, 0.15) is 51.9 Å². The molecule has 1 N–H and O–H groups in total. The summed E-state index contributed by atoms with van der Waals surface area (Å²) in [5.41, 5.74) is -1.08. The summed E-state index contributed by atoms with van der Waals surface area (Å²) in [6.07, 6.45) is 6.92. The van der Waals surface area contributed by atoms with Crippen molar-refractivity contribution >= 4 is 5.78 Å². The number of piperidine rings is 1. The monoisotopic (exact) mass is 263 g/mol. The summed E-state index contributed by atoms with van der Waals surface area (Å²) in [4.78, 5) is 15.2. The molecule has 0 radical (unpaired) electrons. The van der Waals surface area contributed by atoms with Crippen LogP contribution < -0.4 is 0 Å². The minimum Gasteiger partial charge on any atom is -0.381 e. The number of Topliss-reactive ketones (excluding diaryl/α,β-unsaturated/α-hetero) is 1. The SMILES string of the molecule is C[C@@H]1C[C@H]2CC(=O)[C@@]3(O)CCCN4CCC[C@]23[C@@H]4C1.